The Labute approximate surface area is 267 Å². The average Bonchev–Trinajstić information content (AvgIpc) is 3.73. The Balaban J connectivity index is 1.34. The number of hydrogen-bond acceptors (Lipinski definition) is 6. The minimum atomic E-state index is -5.04. The molecule has 0 bridgehead atoms. The van der Waals surface area contributed by atoms with E-state index in [-0.39, 0.29) is 30.4 Å². The summed E-state index contributed by atoms with van der Waals surface area (Å²) in [6, 6.07) is 10.0. The van der Waals surface area contributed by atoms with Gasteiger partial charge in [0.2, 0.25) is 0 Å². The lowest BCUT2D eigenvalue weighted by molar-refractivity contribution is -0.145. The van der Waals surface area contributed by atoms with Crippen LogP contribution in [0.2, 0.25) is 0 Å². The Hall–Kier alpha value is -4.29. The van der Waals surface area contributed by atoms with Gasteiger partial charge in [-0.25, -0.2) is 9.78 Å². The molecule has 6 rings (SSSR count). The molecule has 4 atom stereocenters. The summed E-state index contributed by atoms with van der Waals surface area (Å²) in [6.07, 6.45) is -10.7. The van der Waals surface area contributed by atoms with Crippen molar-refractivity contribution in [2.24, 2.45) is 5.92 Å². The molecule has 13 heteroatoms. The van der Waals surface area contributed by atoms with Crippen LogP contribution in [0.15, 0.2) is 48.5 Å². The average molecular weight is 662 g/mol. The maximum Gasteiger partial charge on any atom is 0.416 e. The SMILES string of the molecule is CCOC(=O)[C@@H]1C[C@H]1c1ccc(C)c(-c2ccc(N3CCC3)nc2CN2C(=O)O[C@H](c3cc(C(F)(F)F)cc(C(F)(F)F)c3)[C@@H]2C)c1. The number of pyridine rings is 1. The van der Waals surface area contributed by atoms with E-state index >= 15 is 0 Å². The maximum absolute atomic E-state index is 13.6. The minimum absolute atomic E-state index is 0.00793. The molecule has 47 heavy (non-hydrogen) atoms. The normalized spacial score (nSPS) is 22.6. The predicted octanol–water partition coefficient (Wildman–Crippen LogP) is 8.05. The van der Waals surface area contributed by atoms with Crippen LogP contribution in [0.1, 0.15) is 72.2 Å². The number of benzene rings is 2. The van der Waals surface area contributed by atoms with Crippen molar-refractivity contribution in [3.05, 3.63) is 82.0 Å². The van der Waals surface area contributed by atoms with Crippen LogP contribution in [-0.4, -0.2) is 47.7 Å². The first kappa shape index (κ1) is 32.6. The number of cyclic esters (lactones) is 1. The highest BCUT2D eigenvalue weighted by molar-refractivity contribution is 5.78. The van der Waals surface area contributed by atoms with Crippen molar-refractivity contribution >= 4 is 17.9 Å². The molecule has 1 amide bonds. The van der Waals surface area contributed by atoms with Gasteiger partial charge in [0.25, 0.3) is 0 Å². The van der Waals surface area contributed by atoms with Crippen molar-refractivity contribution in [1.82, 2.24) is 9.88 Å². The molecule has 1 aliphatic carbocycles. The molecule has 0 radical (unpaired) electrons. The largest absolute Gasteiger partial charge is 0.466 e. The van der Waals surface area contributed by atoms with Crippen molar-refractivity contribution in [2.45, 2.75) is 70.6 Å². The molecule has 3 fully saturated rings. The number of amides is 1. The number of carbonyl (C=O) groups excluding carboxylic acids is 2. The van der Waals surface area contributed by atoms with Crippen molar-refractivity contribution < 1.29 is 45.4 Å². The van der Waals surface area contributed by atoms with Crippen LogP contribution >= 0.6 is 0 Å². The molecule has 0 spiro atoms. The summed E-state index contributed by atoms with van der Waals surface area (Å²) in [7, 11) is 0. The van der Waals surface area contributed by atoms with Crippen LogP contribution in [0.4, 0.5) is 37.0 Å². The Bertz CT molecular complexity index is 1670. The summed E-state index contributed by atoms with van der Waals surface area (Å²) in [5.41, 5.74) is 0.556. The fourth-order valence-electron chi connectivity index (χ4n) is 6.27. The van der Waals surface area contributed by atoms with E-state index in [0.29, 0.717) is 42.2 Å². The van der Waals surface area contributed by atoms with Crippen molar-refractivity contribution in [1.29, 1.82) is 0 Å². The number of anilines is 1. The first-order chi connectivity index (χ1) is 22.2. The van der Waals surface area contributed by atoms with E-state index in [1.807, 2.05) is 37.3 Å². The molecule has 0 N–H and O–H groups in total. The van der Waals surface area contributed by atoms with Gasteiger partial charge >= 0.3 is 24.4 Å². The van der Waals surface area contributed by atoms with Crippen LogP contribution in [0.25, 0.3) is 11.1 Å². The van der Waals surface area contributed by atoms with Gasteiger partial charge in [0.1, 0.15) is 11.9 Å². The molecule has 2 aromatic carbocycles. The summed E-state index contributed by atoms with van der Waals surface area (Å²) in [6.45, 7) is 7.02. The second-order valence-electron chi connectivity index (χ2n) is 12.3. The lowest BCUT2D eigenvalue weighted by Crippen LogP contribution is -2.38. The fraction of sp³-hybridized carbons (Fsp3) is 0.441. The standard InChI is InChI=1S/C34H33F6N3O4/c1-4-46-31(44)27-16-26(27)20-7-6-18(2)25(14-20)24-8-9-29(42-10-5-11-42)41-28(24)17-43-19(3)30(47-32(43)45)21-12-22(33(35,36)37)15-23(13-21)34(38,39)40/h6-9,12-15,19,26-27,30H,4-5,10-11,16-17H2,1-3H3/t19-,26-,27+,30-/m0/s1. The van der Waals surface area contributed by atoms with Crippen LogP contribution in [-0.2, 0) is 33.2 Å². The van der Waals surface area contributed by atoms with E-state index in [1.54, 1.807) is 6.92 Å². The molecular weight excluding hydrogens is 628 g/mol. The molecular formula is C34H33F6N3O4. The topological polar surface area (TPSA) is 72.0 Å². The third kappa shape index (κ3) is 6.48. The number of nitrogens with zero attached hydrogens (tertiary/aromatic N) is 3. The number of carbonyl (C=O) groups is 2. The zero-order valence-electron chi connectivity index (χ0n) is 25.9. The van der Waals surface area contributed by atoms with E-state index in [9.17, 15) is 35.9 Å². The second-order valence-corrected chi connectivity index (χ2v) is 12.3. The highest BCUT2D eigenvalue weighted by Crippen LogP contribution is 2.49. The van der Waals surface area contributed by atoms with E-state index in [1.165, 1.54) is 11.8 Å². The smallest absolute Gasteiger partial charge is 0.416 e. The summed E-state index contributed by atoms with van der Waals surface area (Å²) >= 11 is 0. The predicted molar refractivity (Wildman–Crippen MR) is 159 cm³/mol. The third-order valence-electron chi connectivity index (χ3n) is 9.15. The van der Waals surface area contributed by atoms with Crippen LogP contribution in [0, 0.1) is 12.8 Å². The van der Waals surface area contributed by atoms with Crippen molar-refractivity contribution in [2.75, 3.05) is 24.6 Å². The number of aromatic nitrogens is 1. The lowest BCUT2D eigenvalue weighted by atomic mass is 9.94. The number of halogens is 6. The Morgan fingerprint density at radius 2 is 1.64 bits per heavy atom. The van der Waals surface area contributed by atoms with Crippen molar-refractivity contribution in [3.8, 4) is 11.1 Å². The van der Waals surface area contributed by atoms with Gasteiger partial charge in [-0.2, -0.15) is 26.3 Å². The lowest BCUT2D eigenvalue weighted by Gasteiger charge is -2.33. The summed E-state index contributed by atoms with van der Waals surface area (Å²) in [5, 5.41) is 0. The van der Waals surface area contributed by atoms with E-state index in [4.69, 9.17) is 14.5 Å². The first-order valence-corrected chi connectivity index (χ1v) is 15.4. The second kappa shape index (κ2) is 12.1. The molecule has 2 aliphatic heterocycles. The quantitative estimate of drug-likeness (QED) is 0.180. The van der Waals surface area contributed by atoms with Gasteiger partial charge in [0, 0.05) is 18.7 Å². The number of alkyl halides is 6. The molecule has 2 saturated heterocycles. The van der Waals surface area contributed by atoms with Gasteiger partial charge in [-0.05, 0) is 92.1 Å². The van der Waals surface area contributed by atoms with E-state index in [0.717, 1.165) is 36.2 Å². The number of ether oxygens (including phenoxy) is 2. The van der Waals surface area contributed by atoms with Gasteiger partial charge in [-0.15, -0.1) is 0 Å². The third-order valence-corrected chi connectivity index (χ3v) is 9.15. The highest BCUT2D eigenvalue weighted by Gasteiger charge is 2.46. The first-order valence-electron chi connectivity index (χ1n) is 15.4. The Kier molecular flexibility index (Phi) is 8.38. The number of aryl methyl sites for hydroxylation is 1. The van der Waals surface area contributed by atoms with E-state index in [2.05, 4.69) is 4.90 Å². The Morgan fingerprint density at radius 3 is 2.23 bits per heavy atom. The molecule has 1 saturated carbocycles. The van der Waals surface area contributed by atoms with Gasteiger partial charge in [0.15, 0.2) is 0 Å². The summed E-state index contributed by atoms with van der Waals surface area (Å²) in [5.74, 6) is 0.245. The monoisotopic (exact) mass is 661 g/mol. The van der Waals surface area contributed by atoms with E-state index < -0.39 is 47.3 Å². The van der Waals surface area contributed by atoms with Gasteiger partial charge in [0.05, 0.1) is 41.9 Å². The highest BCUT2D eigenvalue weighted by atomic mass is 19.4. The molecule has 250 valence electrons. The molecule has 3 aliphatic rings. The Morgan fingerprint density at radius 1 is 0.957 bits per heavy atom. The fourth-order valence-corrected chi connectivity index (χ4v) is 6.27. The molecule has 3 heterocycles. The summed E-state index contributed by atoms with van der Waals surface area (Å²) in [4.78, 5) is 33.8. The van der Waals surface area contributed by atoms with Gasteiger partial charge in [-0.3, -0.25) is 9.69 Å². The summed E-state index contributed by atoms with van der Waals surface area (Å²) < 4.78 is 92.2. The van der Waals surface area contributed by atoms with Crippen LogP contribution in [0.3, 0.4) is 0 Å². The van der Waals surface area contributed by atoms with Gasteiger partial charge in [-0.1, -0.05) is 18.2 Å². The molecule has 1 aromatic heterocycles. The van der Waals surface area contributed by atoms with Gasteiger partial charge < -0.3 is 14.4 Å². The van der Waals surface area contributed by atoms with Crippen molar-refractivity contribution in [3.63, 3.8) is 0 Å². The molecule has 0 unspecified atom stereocenters. The minimum Gasteiger partial charge on any atom is -0.466 e. The zero-order chi connectivity index (χ0) is 33.8. The van der Waals surface area contributed by atoms with Crippen LogP contribution < -0.4 is 4.90 Å². The maximum atomic E-state index is 13.6. The molecule has 3 aromatic rings. The van der Waals surface area contributed by atoms with Crippen LogP contribution in [0.5, 0.6) is 0 Å². The number of esters is 1. The number of hydrogen-bond donors (Lipinski definition) is 0. The molecule has 7 nitrogen and oxygen atoms in total. The number of rotatable bonds is 8. The zero-order valence-corrected chi connectivity index (χ0v) is 25.9.